The maximum Gasteiger partial charge on any atom is 0.146 e. The molecule has 88 valence electrons. The predicted octanol–water partition coefficient (Wildman–Crippen LogP) is 3.20. The van der Waals surface area contributed by atoms with Crippen LogP contribution in [0.1, 0.15) is 25.3 Å². The molecule has 0 saturated carbocycles. The zero-order valence-corrected chi connectivity index (χ0v) is 11.0. The van der Waals surface area contributed by atoms with Crippen molar-refractivity contribution in [3.63, 3.8) is 0 Å². The molecular weight excluding hydrogens is 273 g/mol. The molecule has 1 aromatic carbocycles. The van der Waals surface area contributed by atoms with Crippen LogP contribution in [0.3, 0.4) is 0 Å². The van der Waals surface area contributed by atoms with Gasteiger partial charge in [-0.15, -0.1) is 0 Å². The van der Waals surface area contributed by atoms with Crippen molar-refractivity contribution in [3.8, 4) is 5.75 Å². The number of rotatable bonds is 2. The summed E-state index contributed by atoms with van der Waals surface area (Å²) < 4.78 is 19.9. The number of halogens is 2. The third-order valence-electron chi connectivity index (χ3n) is 3.20. The highest BCUT2D eigenvalue weighted by molar-refractivity contribution is 9.10. The lowest BCUT2D eigenvalue weighted by Gasteiger charge is -2.27. The van der Waals surface area contributed by atoms with Crippen molar-refractivity contribution >= 4 is 15.9 Å². The highest BCUT2D eigenvalue weighted by atomic mass is 79.9. The van der Waals surface area contributed by atoms with Gasteiger partial charge in [0.1, 0.15) is 11.6 Å². The minimum absolute atomic E-state index is 0.226. The molecule has 0 radical (unpaired) electrons. The number of benzene rings is 1. The van der Waals surface area contributed by atoms with Gasteiger partial charge in [-0.2, -0.15) is 0 Å². The van der Waals surface area contributed by atoms with Gasteiger partial charge in [-0.3, -0.25) is 0 Å². The fraction of sp³-hybridized carbons (Fsp3) is 0.500. The molecule has 0 aromatic heterocycles. The van der Waals surface area contributed by atoms with E-state index in [0.717, 1.165) is 19.4 Å². The van der Waals surface area contributed by atoms with Crippen molar-refractivity contribution in [2.75, 3.05) is 13.7 Å². The summed E-state index contributed by atoms with van der Waals surface area (Å²) in [6, 6.07) is 3.48. The Hall–Kier alpha value is -0.610. The summed E-state index contributed by atoms with van der Waals surface area (Å²) in [7, 11) is 1.57. The maximum absolute atomic E-state index is 14.2. The summed E-state index contributed by atoms with van der Waals surface area (Å²) in [5.41, 5.74) is 0.307. The molecular formula is C12H15BrFNO. The Morgan fingerprint density at radius 1 is 1.50 bits per heavy atom. The van der Waals surface area contributed by atoms with Crippen LogP contribution in [-0.2, 0) is 5.54 Å². The summed E-state index contributed by atoms with van der Waals surface area (Å²) in [5.74, 6) is 0.383. The van der Waals surface area contributed by atoms with E-state index < -0.39 is 0 Å². The fourth-order valence-electron chi connectivity index (χ4n) is 2.33. The second-order valence-electron chi connectivity index (χ2n) is 4.30. The van der Waals surface area contributed by atoms with Crippen LogP contribution in [0.4, 0.5) is 4.39 Å². The second-order valence-corrected chi connectivity index (χ2v) is 5.16. The van der Waals surface area contributed by atoms with Crippen molar-refractivity contribution in [1.29, 1.82) is 0 Å². The number of nitrogens with one attached hydrogen (secondary N) is 1. The zero-order chi connectivity index (χ0) is 11.8. The molecule has 0 spiro atoms. The van der Waals surface area contributed by atoms with Gasteiger partial charge in [-0.05, 0) is 54.4 Å². The van der Waals surface area contributed by atoms with E-state index in [2.05, 4.69) is 21.2 Å². The molecule has 1 N–H and O–H groups in total. The van der Waals surface area contributed by atoms with Crippen LogP contribution in [0.15, 0.2) is 16.6 Å². The van der Waals surface area contributed by atoms with Crippen LogP contribution in [0.2, 0.25) is 0 Å². The molecule has 1 unspecified atom stereocenters. The quantitative estimate of drug-likeness (QED) is 0.902. The molecule has 1 aliphatic rings. The first-order valence-electron chi connectivity index (χ1n) is 5.36. The molecule has 16 heavy (non-hydrogen) atoms. The zero-order valence-electron chi connectivity index (χ0n) is 9.44. The van der Waals surface area contributed by atoms with E-state index in [9.17, 15) is 4.39 Å². The van der Waals surface area contributed by atoms with Crippen LogP contribution < -0.4 is 10.1 Å². The SMILES string of the molecule is COc1ccc(Br)c(F)c1C1(C)CCCN1. The number of ether oxygens (including phenoxy) is 1. The topological polar surface area (TPSA) is 21.3 Å². The van der Waals surface area contributed by atoms with E-state index in [-0.39, 0.29) is 11.4 Å². The first-order valence-corrected chi connectivity index (χ1v) is 6.15. The third-order valence-corrected chi connectivity index (χ3v) is 3.81. The van der Waals surface area contributed by atoms with Crippen LogP contribution in [0.25, 0.3) is 0 Å². The largest absolute Gasteiger partial charge is 0.496 e. The van der Waals surface area contributed by atoms with Crippen molar-refractivity contribution < 1.29 is 9.13 Å². The smallest absolute Gasteiger partial charge is 0.146 e. The lowest BCUT2D eigenvalue weighted by Crippen LogP contribution is -2.34. The van der Waals surface area contributed by atoms with E-state index in [1.54, 1.807) is 19.2 Å². The monoisotopic (exact) mass is 287 g/mol. The first kappa shape index (κ1) is 11.9. The van der Waals surface area contributed by atoms with Crippen LogP contribution >= 0.6 is 15.9 Å². The Balaban J connectivity index is 2.56. The molecule has 2 rings (SSSR count). The van der Waals surface area contributed by atoms with Gasteiger partial charge in [-0.1, -0.05) is 0 Å². The second kappa shape index (κ2) is 4.34. The standard InChI is InChI=1S/C12H15BrFNO/c1-12(6-3-7-15-12)10-9(16-2)5-4-8(13)11(10)14/h4-5,15H,3,6-7H2,1-2H3. The van der Waals surface area contributed by atoms with Gasteiger partial charge in [0.05, 0.1) is 17.1 Å². The number of hydrogen-bond acceptors (Lipinski definition) is 2. The van der Waals surface area contributed by atoms with Crippen molar-refractivity contribution in [1.82, 2.24) is 5.32 Å². The van der Waals surface area contributed by atoms with Gasteiger partial charge in [0.2, 0.25) is 0 Å². The number of hydrogen-bond donors (Lipinski definition) is 1. The number of methoxy groups -OCH3 is 1. The van der Waals surface area contributed by atoms with Gasteiger partial charge in [0, 0.05) is 5.54 Å². The summed E-state index contributed by atoms with van der Waals surface area (Å²) in [4.78, 5) is 0. The Morgan fingerprint density at radius 2 is 2.25 bits per heavy atom. The van der Waals surface area contributed by atoms with E-state index in [4.69, 9.17) is 4.74 Å². The predicted molar refractivity (Wildman–Crippen MR) is 65.2 cm³/mol. The Morgan fingerprint density at radius 3 is 2.81 bits per heavy atom. The summed E-state index contributed by atoms with van der Waals surface area (Å²) in [6.45, 7) is 2.94. The Kier molecular flexibility index (Phi) is 3.22. The molecule has 1 saturated heterocycles. The molecule has 1 atom stereocenters. The highest BCUT2D eigenvalue weighted by Gasteiger charge is 2.36. The summed E-state index contributed by atoms with van der Waals surface area (Å²) in [6.07, 6.45) is 1.99. The van der Waals surface area contributed by atoms with Crippen LogP contribution in [0.5, 0.6) is 5.75 Å². The van der Waals surface area contributed by atoms with Gasteiger partial charge >= 0.3 is 0 Å². The minimum Gasteiger partial charge on any atom is -0.496 e. The Bertz CT molecular complexity index is 402. The molecule has 2 nitrogen and oxygen atoms in total. The van der Waals surface area contributed by atoms with Crippen molar-refractivity contribution in [2.24, 2.45) is 0 Å². The molecule has 1 aliphatic heterocycles. The molecule has 0 bridgehead atoms. The first-order chi connectivity index (χ1) is 7.58. The minimum atomic E-state index is -0.320. The lowest BCUT2D eigenvalue weighted by molar-refractivity contribution is 0.355. The maximum atomic E-state index is 14.2. The fourth-order valence-corrected chi connectivity index (χ4v) is 2.66. The molecule has 1 fully saturated rings. The van der Waals surface area contributed by atoms with E-state index in [0.29, 0.717) is 15.8 Å². The van der Waals surface area contributed by atoms with E-state index in [1.165, 1.54) is 0 Å². The van der Waals surface area contributed by atoms with Crippen LogP contribution in [0, 0.1) is 5.82 Å². The summed E-state index contributed by atoms with van der Waals surface area (Å²) >= 11 is 3.22. The van der Waals surface area contributed by atoms with Gasteiger partial charge in [-0.25, -0.2) is 4.39 Å². The van der Waals surface area contributed by atoms with E-state index >= 15 is 0 Å². The molecule has 0 aliphatic carbocycles. The molecule has 1 aromatic rings. The van der Waals surface area contributed by atoms with Gasteiger partial charge < -0.3 is 10.1 Å². The third kappa shape index (κ3) is 1.84. The highest BCUT2D eigenvalue weighted by Crippen LogP contribution is 2.40. The Labute approximate surface area is 103 Å². The molecule has 1 heterocycles. The van der Waals surface area contributed by atoms with Crippen molar-refractivity contribution in [2.45, 2.75) is 25.3 Å². The van der Waals surface area contributed by atoms with Gasteiger partial charge in [0.25, 0.3) is 0 Å². The van der Waals surface area contributed by atoms with Crippen LogP contribution in [-0.4, -0.2) is 13.7 Å². The van der Waals surface area contributed by atoms with E-state index in [1.807, 2.05) is 6.92 Å². The molecule has 4 heteroatoms. The molecule has 0 amide bonds. The van der Waals surface area contributed by atoms with Crippen molar-refractivity contribution in [3.05, 3.63) is 28.0 Å². The average molecular weight is 288 g/mol. The summed E-state index contributed by atoms with van der Waals surface area (Å²) in [5, 5.41) is 3.35. The average Bonchev–Trinajstić information content (AvgIpc) is 2.69. The lowest BCUT2D eigenvalue weighted by atomic mass is 9.89. The van der Waals surface area contributed by atoms with Gasteiger partial charge in [0.15, 0.2) is 0 Å². The normalized spacial score (nSPS) is 24.8.